The van der Waals surface area contributed by atoms with E-state index in [-0.39, 0.29) is 17.7 Å². The SMILES string of the molecule is CCC(OC(=O)c1ccc(N)cc1)C(=O)Nc1ccccc1C(=O)OC. The van der Waals surface area contributed by atoms with Crippen LogP contribution in [0.2, 0.25) is 0 Å². The third-order valence-corrected chi connectivity index (χ3v) is 3.65. The number of nitrogens with two attached hydrogens (primary N) is 1. The monoisotopic (exact) mass is 356 g/mol. The molecule has 0 fully saturated rings. The molecule has 1 amide bonds. The van der Waals surface area contributed by atoms with E-state index in [2.05, 4.69) is 5.32 Å². The first-order valence-electron chi connectivity index (χ1n) is 8.01. The molecule has 0 aromatic heterocycles. The van der Waals surface area contributed by atoms with Crippen molar-refractivity contribution in [3.8, 4) is 0 Å². The van der Waals surface area contributed by atoms with Crippen LogP contribution in [0.5, 0.6) is 0 Å². The second-order valence-corrected chi connectivity index (χ2v) is 5.45. The van der Waals surface area contributed by atoms with Gasteiger partial charge < -0.3 is 20.5 Å². The van der Waals surface area contributed by atoms with Crippen molar-refractivity contribution in [3.63, 3.8) is 0 Å². The number of anilines is 2. The van der Waals surface area contributed by atoms with E-state index in [9.17, 15) is 14.4 Å². The predicted molar refractivity (Wildman–Crippen MR) is 96.8 cm³/mol. The highest BCUT2D eigenvalue weighted by atomic mass is 16.5. The molecule has 7 nitrogen and oxygen atoms in total. The molecule has 0 saturated heterocycles. The Kier molecular flexibility index (Phi) is 6.32. The van der Waals surface area contributed by atoms with Crippen LogP contribution >= 0.6 is 0 Å². The quantitative estimate of drug-likeness (QED) is 0.608. The zero-order valence-electron chi connectivity index (χ0n) is 14.5. The Morgan fingerprint density at radius 3 is 2.31 bits per heavy atom. The van der Waals surface area contributed by atoms with E-state index in [0.29, 0.717) is 11.3 Å². The van der Waals surface area contributed by atoms with Gasteiger partial charge in [0, 0.05) is 5.69 Å². The van der Waals surface area contributed by atoms with E-state index in [1.807, 2.05) is 0 Å². The van der Waals surface area contributed by atoms with Gasteiger partial charge in [-0.3, -0.25) is 4.79 Å². The van der Waals surface area contributed by atoms with Crippen LogP contribution < -0.4 is 11.1 Å². The van der Waals surface area contributed by atoms with Gasteiger partial charge in [-0.1, -0.05) is 19.1 Å². The molecule has 7 heteroatoms. The van der Waals surface area contributed by atoms with Gasteiger partial charge >= 0.3 is 11.9 Å². The highest BCUT2D eigenvalue weighted by molar-refractivity contribution is 6.03. The first-order chi connectivity index (χ1) is 12.5. The van der Waals surface area contributed by atoms with E-state index >= 15 is 0 Å². The zero-order valence-corrected chi connectivity index (χ0v) is 14.5. The van der Waals surface area contributed by atoms with Crippen molar-refractivity contribution >= 4 is 29.2 Å². The van der Waals surface area contributed by atoms with E-state index in [1.165, 1.54) is 25.3 Å². The Hall–Kier alpha value is -3.35. The molecule has 26 heavy (non-hydrogen) atoms. The van der Waals surface area contributed by atoms with Gasteiger partial charge in [0.25, 0.3) is 5.91 Å². The summed E-state index contributed by atoms with van der Waals surface area (Å²) in [4.78, 5) is 36.4. The second-order valence-electron chi connectivity index (χ2n) is 5.45. The Morgan fingerprint density at radius 2 is 1.69 bits per heavy atom. The summed E-state index contributed by atoms with van der Waals surface area (Å²) in [6.07, 6.45) is -0.738. The highest BCUT2D eigenvalue weighted by Gasteiger charge is 2.23. The lowest BCUT2D eigenvalue weighted by Crippen LogP contribution is -2.32. The molecule has 3 N–H and O–H groups in total. The van der Waals surface area contributed by atoms with Gasteiger partial charge in [0.1, 0.15) is 0 Å². The smallest absolute Gasteiger partial charge is 0.339 e. The van der Waals surface area contributed by atoms with Crippen molar-refractivity contribution in [1.29, 1.82) is 0 Å². The molecule has 0 aliphatic rings. The Balaban J connectivity index is 2.11. The van der Waals surface area contributed by atoms with Crippen LogP contribution in [-0.2, 0) is 14.3 Å². The first-order valence-corrected chi connectivity index (χ1v) is 8.01. The number of benzene rings is 2. The minimum absolute atomic E-state index is 0.211. The van der Waals surface area contributed by atoms with Gasteiger partial charge in [-0.05, 0) is 42.8 Å². The highest BCUT2D eigenvalue weighted by Crippen LogP contribution is 2.17. The summed E-state index contributed by atoms with van der Waals surface area (Å²) in [5, 5.41) is 2.61. The fourth-order valence-electron chi connectivity index (χ4n) is 2.23. The predicted octanol–water partition coefficient (Wildman–Crippen LogP) is 2.63. The van der Waals surface area contributed by atoms with Gasteiger partial charge in [0.05, 0.1) is 23.9 Å². The molecule has 0 heterocycles. The largest absolute Gasteiger partial charge is 0.465 e. The van der Waals surface area contributed by atoms with Crippen molar-refractivity contribution in [2.24, 2.45) is 0 Å². The molecule has 0 aliphatic carbocycles. The number of methoxy groups -OCH3 is 1. The van der Waals surface area contributed by atoms with Gasteiger partial charge in [-0.2, -0.15) is 0 Å². The molecule has 1 unspecified atom stereocenters. The second kappa shape index (κ2) is 8.66. The lowest BCUT2D eigenvalue weighted by molar-refractivity contribution is -0.124. The summed E-state index contributed by atoms with van der Waals surface area (Å²) in [6.45, 7) is 1.71. The Bertz CT molecular complexity index is 802. The molecule has 0 spiro atoms. The minimum Gasteiger partial charge on any atom is -0.465 e. The number of amides is 1. The van der Waals surface area contributed by atoms with Gasteiger partial charge in [-0.15, -0.1) is 0 Å². The zero-order chi connectivity index (χ0) is 19.1. The maximum atomic E-state index is 12.5. The van der Waals surface area contributed by atoms with Crippen molar-refractivity contribution in [2.45, 2.75) is 19.4 Å². The lowest BCUT2D eigenvalue weighted by Gasteiger charge is -2.17. The van der Waals surface area contributed by atoms with Crippen LogP contribution in [0.1, 0.15) is 34.1 Å². The molecular formula is C19H20N2O5. The normalized spacial score (nSPS) is 11.3. The molecule has 2 aromatic carbocycles. The maximum absolute atomic E-state index is 12.5. The summed E-state index contributed by atoms with van der Waals surface area (Å²) in [5.74, 6) is -1.74. The number of rotatable bonds is 6. The molecule has 0 saturated carbocycles. The van der Waals surface area contributed by atoms with Crippen molar-refractivity contribution in [1.82, 2.24) is 0 Å². The average molecular weight is 356 g/mol. The number of ether oxygens (including phenoxy) is 2. The van der Waals surface area contributed by atoms with Gasteiger partial charge in [0.15, 0.2) is 6.10 Å². The summed E-state index contributed by atoms with van der Waals surface area (Å²) in [6, 6.07) is 12.6. The van der Waals surface area contributed by atoms with Gasteiger partial charge in [0.2, 0.25) is 0 Å². The van der Waals surface area contributed by atoms with Crippen LogP contribution in [0.4, 0.5) is 11.4 Å². The topological polar surface area (TPSA) is 108 Å². The van der Waals surface area contributed by atoms with Crippen LogP contribution in [0.25, 0.3) is 0 Å². The Morgan fingerprint density at radius 1 is 1.04 bits per heavy atom. The maximum Gasteiger partial charge on any atom is 0.339 e. The number of para-hydroxylation sites is 1. The number of hydrogen-bond donors (Lipinski definition) is 2. The van der Waals surface area contributed by atoms with Crippen LogP contribution in [0.15, 0.2) is 48.5 Å². The fourth-order valence-corrected chi connectivity index (χ4v) is 2.23. The molecule has 136 valence electrons. The summed E-state index contributed by atoms with van der Waals surface area (Å²) in [7, 11) is 1.25. The van der Waals surface area contributed by atoms with Crippen LogP contribution in [0, 0.1) is 0 Å². The molecule has 2 rings (SSSR count). The minimum atomic E-state index is -1.01. The standard InChI is InChI=1S/C19H20N2O5/c1-3-16(26-18(23)12-8-10-13(20)11-9-12)17(22)21-15-7-5-4-6-14(15)19(24)25-2/h4-11,16H,3,20H2,1-2H3,(H,21,22). The summed E-state index contributed by atoms with van der Waals surface area (Å²) >= 11 is 0. The van der Waals surface area contributed by atoms with E-state index < -0.39 is 23.9 Å². The van der Waals surface area contributed by atoms with Gasteiger partial charge in [-0.25, -0.2) is 9.59 Å². The van der Waals surface area contributed by atoms with Crippen LogP contribution in [-0.4, -0.2) is 31.1 Å². The number of hydrogen-bond acceptors (Lipinski definition) is 6. The van der Waals surface area contributed by atoms with Crippen molar-refractivity contribution in [3.05, 3.63) is 59.7 Å². The number of carbonyl (C=O) groups is 3. The fraction of sp³-hybridized carbons (Fsp3) is 0.211. The average Bonchev–Trinajstić information content (AvgIpc) is 2.66. The number of esters is 2. The van der Waals surface area contributed by atoms with E-state index in [1.54, 1.807) is 37.3 Å². The number of nitrogen functional groups attached to an aromatic ring is 1. The number of nitrogens with one attached hydrogen (secondary N) is 1. The summed E-state index contributed by atoms with van der Waals surface area (Å²) in [5.41, 5.74) is 6.89. The van der Waals surface area contributed by atoms with Crippen molar-refractivity contribution in [2.75, 3.05) is 18.2 Å². The third kappa shape index (κ3) is 4.60. The molecule has 0 radical (unpaired) electrons. The van der Waals surface area contributed by atoms with E-state index in [4.69, 9.17) is 15.2 Å². The molecule has 0 aliphatic heterocycles. The summed E-state index contributed by atoms with van der Waals surface area (Å²) < 4.78 is 9.97. The number of carbonyl (C=O) groups excluding carboxylic acids is 3. The first kappa shape index (κ1) is 19.0. The van der Waals surface area contributed by atoms with Crippen LogP contribution in [0.3, 0.4) is 0 Å². The third-order valence-electron chi connectivity index (χ3n) is 3.65. The molecule has 1 atom stereocenters. The Labute approximate surface area is 151 Å². The molecule has 0 bridgehead atoms. The lowest BCUT2D eigenvalue weighted by atomic mass is 10.1. The van der Waals surface area contributed by atoms with E-state index in [0.717, 1.165) is 0 Å². The molecule has 2 aromatic rings. The molecular weight excluding hydrogens is 336 g/mol. The van der Waals surface area contributed by atoms with Crippen molar-refractivity contribution < 1.29 is 23.9 Å².